The molecule has 0 radical (unpaired) electrons. The standard InChI is InChI=1S/C52H41N5/c1-51(2)32-52(3,4)43-31-36(25-30-42(43)51)33-23-26-37(27-24-33)56-44-21-13-11-19-38(44)40-28-29-41-39-20-12-14-22-45(39)57(47(41)46(40)56)50-54-48(34-15-7-5-8-16-34)53-49(55-50)35-17-9-6-10-18-35/h5-31H,32H2,1-4H3. The Balaban J connectivity index is 1.18. The van der Waals surface area contributed by atoms with Crippen molar-refractivity contribution >= 4 is 43.6 Å². The second kappa shape index (κ2) is 12.3. The van der Waals surface area contributed by atoms with Gasteiger partial charge in [0.2, 0.25) is 5.95 Å². The zero-order valence-electron chi connectivity index (χ0n) is 32.5. The van der Waals surface area contributed by atoms with Crippen molar-refractivity contribution in [3.05, 3.63) is 175 Å². The highest BCUT2D eigenvalue weighted by atomic mass is 15.2. The van der Waals surface area contributed by atoms with Crippen LogP contribution in [0.2, 0.25) is 0 Å². The average Bonchev–Trinajstić information content (AvgIpc) is 3.83. The lowest BCUT2D eigenvalue weighted by atomic mass is 9.82. The summed E-state index contributed by atoms with van der Waals surface area (Å²) in [5.74, 6) is 1.84. The van der Waals surface area contributed by atoms with E-state index in [-0.39, 0.29) is 10.8 Å². The first-order valence-corrected chi connectivity index (χ1v) is 19.8. The van der Waals surface area contributed by atoms with Crippen molar-refractivity contribution in [2.45, 2.75) is 44.9 Å². The topological polar surface area (TPSA) is 48.5 Å². The fraction of sp³-hybridized carbons (Fsp3) is 0.135. The van der Waals surface area contributed by atoms with Gasteiger partial charge in [0.25, 0.3) is 0 Å². The Kier molecular flexibility index (Phi) is 7.24. The zero-order chi connectivity index (χ0) is 38.5. The summed E-state index contributed by atoms with van der Waals surface area (Å²) in [5.41, 5.74) is 13.1. The minimum atomic E-state index is 0.143. The number of rotatable bonds is 5. The van der Waals surface area contributed by atoms with Gasteiger partial charge in [0.05, 0.1) is 22.1 Å². The van der Waals surface area contributed by atoms with Gasteiger partial charge in [-0.05, 0) is 63.8 Å². The molecule has 0 unspecified atom stereocenters. The molecular weight excluding hydrogens is 695 g/mol. The quantitative estimate of drug-likeness (QED) is 0.177. The van der Waals surface area contributed by atoms with Gasteiger partial charge < -0.3 is 4.57 Å². The first-order chi connectivity index (χ1) is 27.7. The van der Waals surface area contributed by atoms with E-state index in [9.17, 15) is 0 Å². The smallest absolute Gasteiger partial charge is 0.238 e. The lowest BCUT2D eigenvalue weighted by molar-refractivity contribution is 0.403. The minimum absolute atomic E-state index is 0.143. The number of nitrogens with zero attached hydrogens (tertiary/aromatic N) is 5. The Morgan fingerprint density at radius 2 is 0.895 bits per heavy atom. The highest BCUT2D eigenvalue weighted by Crippen LogP contribution is 2.50. The normalized spacial score (nSPS) is 14.5. The molecule has 5 heteroatoms. The van der Waals surface area contributed by atoms with Gasteiger partial charge in [-0.3, -0.25) is 4.57 Å². The van der Waals surface area contributed by atoms with Crippen molar-refractivity contribution in [2.75, 3.05) is 0 Å². The van der Waals surface area contributed by atoms with Crippen LogP contribution in [0.15, 0.2) is 164 Å². The second-order valence-electron chi connectivity index (χ2n) is 16.8. The third kappa shape index (κ3) is 5.19. The van der Waals surface area contributed by atoms with Crippen LogP contribution in [-0.4, -0.2) is 24.1 Å². The van der Waals surface area contributed by atoms with Gasteiger partial charge >= 0.3 is 0 Å². The fourth-order valence-electron chi connectivity index (χ4n) is 9.85. The summed E-state index contributed by atoms with van der Waals surface area (Å²) in [6, 6.07) is 58.5. The van der Waals surface area contributed by atoms with Gasteiger partial charge in [-0.25, -0.2) is 4.98 Å². The second-order valence-corrected chi connectivity index (χ2v) is 16.8. The molecule has 7 aromatic carbocycles. The van der Waals surface area contributed by atoms with Gasteiger partial charge in [0.15, 0.2) is 11.6 Å². The third-order valence-electron chi connectivity index (χ3n) is 12.2. The van der Waals surface area contributed by atoms with Gasteiger partial charge in [-0.15, -0.1) is 0 Å². The van der Waals surface area contributed by atoms with Crippen LogP contribution in [0.1, 0.15) is 45.2 Å². The average molecular weight is 736 g/mol. The van der Waals surface area contributed by atoms with Gasteiger partial charge in [-0.1, -0.05) is 167 Å². The summed E-state index contributed by atoms with van der Waals surface area (Å²) in [4.78, 5) is 15.5. The molecule has 3 heterocycles. The molecule has 0 N–H and O–H groups in total. The summed E-state index contributed by atoms with van der Waals surface area (Å²) in [6.45, 7) is 9.53. The van der Waals surface area contributed by atoms with E-state index in [1.807, 2.05) is 36.4 Å². The summed E-state index contributed by atoms with van der Waals surface area (Å²) in [7, 11) is 0. The maximum atomic E-state index is 5.26. The highest BCUT2D eigenvalue weighted by Gasteiger charge is 2.41. The summed E-state index contributed by atoms with van der Waals surface area (Å²) in [5, 5.41) is 4.66. The van der Waals surface area contributed by atoms with E-state index in [2.05, 4.69) is 164 Å². The van der Waals surface area contributed by atoms with Crippen LogP contribution in [-0.2, 0) is 10.8 Å². The monoisotopic (exact) mass is 735 g/mol. The minimum Gasteiger partial charge on any atom is -0.307 e. The first kappa shape index (κ1) is 33.5. The Labute approximate surface area is 331 Å². The van der Waals surface area contributed by atoms with Gasteiger partial charge in [0, 0.05) is 38.4 Å². The number of hydrogen-bond donors (Lipinski definition) is 0. The summed E-state index contributed by atoms with van der Waals surface area (Å²) < 4.78 is 4.68. The van der Waals surface area contributed by atoms with Crippen molar-refractivity contribution in [1.82, 2.24) is 24.1 Å². The molecule has 0 fully saturated rings. The maximum absolute atomic E-state index is 5.26. The molecule has 0 bridgehead atoms. The van der Waals surface area contributed by atoms with E-state index in [1.165, 1.54) is 33.0 Å². The van der Waals surface area contributed by atoms with E-state index in [0.29, 0.717) is 17.6 Å². The predicted molar refractivity (Wildman–Crippen MR) is 235 cm³/mol. The molecule has 1 aliphatic rings. The van der Waals surface area contributed by atoms with Crippen LogP contribution in [0, 0.1) is 0 Å². The Morgan fingerprint density at radius 3 is 1.49 bits per heavy atom. The van der Waals surface area contributed by atoms with Crippen LogP contribution in [0.4, 0.5) is 0 Å². The first-order valence-electron chi connectivity index (χ1n) is 19.8. The van der Waals surface area contributed by atoms with Crippen LogP contribution in [0.25, 0.3) is 89.2 Å². The van der Waals surface area contributed by atoms with Crippen molar-refractivity contribution < 1.29 is 0 Å². The molecule has 274 valence electrons. The maximum Gasteiger partial charge on any atom is 0.238 e. The van der Waals surface area contributed by atoms with Crippen molar-refractivity contribution in [1.29, 1.82) is 0 Å². The van der Waals surface area contributed by atoms with Crippen LogP contribution >= 0.6 is 0 Å². The Morgan fingerprint density at radius 1 is 0.404 bits per heavy atom. The molecule has 5 nitrogen and oxygen atoms in total. The molecule has 1 aliphatic carbocycles. The van der Waals surface area contributed by atoms with Crippen molar-refractivity contribution in [2.24, 2.45) is 0 Å². The lowest BCUT2D eigenvalue weighted by Crippen LogP contribution is -2.17. The van der Waals surface area contributed by atoms with E-state index in [1.54, 1.807) is 0 Å². The van der Waals surface area contributed by atoms with Crippen LogP contribution in [0.3, 0.4) is 0 Å². The molecule has 0 atom stereocenters. The Hall–Kier alpha value is -6.85. The van der Waals surface area contributed by atoms with Gasteiger partial charge in [-0.2, -0.15) is 9.97 Å². The van der Waals surface area contributed by atoms with E-state index in [4.69, 9.17) is 15.0 Å². The van der Waals surface area contributed by atoms with Crippen molar-refractivity contribution in [3.63, 3.8) is 0 Å². The van der Waals surface area contributed by atoms with Crippen LogP contribution < -0.4 is 0 Å². The van der Waals surface area contributed by atoms with Crippen molar-refractivity contribution in [3.8, 4) is 45.5 Å². The molecule has 0 saturated heterocycles. The predicted octanol–water partition coefficient (Wildman–Crippen LogP) is 13.0. The molecule has 0 saturated carbocycles. The Bertz CT molecular complexity index is 3130. The third-order valence-corrected chi connectivity index (χ3v) is 12.2. The molecule has 0 aliphatic heterocycles. The molecule has 11 rings (SSSR count). The number of fused-ring (bicyclic) bond motifs is 8. The number of aromatic nitrogens is 5. The molecule has 0 spiro atoms. The largest absolute Gasteiger partial charge is 0.307 e. The SMILES string of the molecule is CC1(C)CC(C)(C)c2cc(-c3ccc(-n4c5ccccc5c5ccc6c7ccccc7n(-c7nc(-c8ccccc8)nc(-c8ccccc8)n7)c6c54)cc3)ccc21. The molecule has 57 heavy (non-hydrogen) atoms. The fourth-order valence-corrected chi connectivity index (χ4v) is 9.85. The summed E-state index contributed by atoms with van der Waals surface area (Å²) >= 11 is 0. The lowest BCUT2D eigenvalue weighted by Gasteiger charge is -2.22. The molecule has 0 amide bonds. The molecule has 3 aromatic heterocycles. The number of hydrogen-bond acceptors (Lipinski definition) is 3. The van der Waals surface area contributed by atoms with Crippen LogP contribution in [0.5, 0.6) is 0 Å². The number of benzene rings is 7. The van der Waals surface area contributed by atoms with E-state index in [0.717, 1.165) is 56.1 Å². The van der Waals surface area contributed by atoms with Gasteiger partial charge in [0.1, 0.15) is 0 Å². The highest BCUT2D eigenvalue weighted by molar-refractivity contribution is 6.23. The number of para-hydroxylation sites is 2. The molecule has 10 aromatic rings. The summed E-state index contributed by atoms with van der Waals surface area (Å²) in [6.07, 6.45) is 1.16. The van der Waals surface area contributed by atoms with E-state index >= 15 is 0 Å². The van der Waals surface area contributed by atoms with E-state index < -0.39 is 0 Å². The molecular formula is C52H41N5. The zero-order valence-corrected chi connectivity index (χ0v) is 32.5.